The summed E-state index contributed by atoms with van der Waals surface area (Å²) in [4.78, 5) is 0. The van der Waals surface area contributed by atoms with Gasteiger partial charge in [0.15, 0.2) is 0 Å². The number of benzene rings is 2. The summed E-state index contributed by atoms with van der Waals surface area (Å²) in [5.41, 5.74) is 12.4. The minimum Gasteiger partial charge on any atom is -0.320 e. The minimum absolute atomic E-state index is 0.0847. The van der Waals surface area contributed by atoms with Gasteiger partial charge >= 0.3 is 0 Å². The summed E-state index contributed by atoms with van der Waals surface area (Å²) in [5, 5.41) is 0. The number of hydrogen-bond donors (Lipinski definition) is 1. The van der Waals surface area contributed by atoms with Gasteiger partial charge in [0.25, 0.3) is 0 Å². The molecule has 0 aliphatic rings. The lowest BCUT2D eigenvalue weighted by Gasteiger charge is -2.16. The van der Waals surface area contributed by atoms with Crippen molar-refractivity contribution in [2.45, 2.75) is 26.8 Å². The van der Waals surface area contributed by atoms with Crippen LogP contribution in [0.4, 0.5) is 0 Å². The maximum absolute atomic E-state index is 6.37. The van der Waals surface area contributed by atoms with Crippen LogP contribution in [0.15, 0.2) is 40.9 Å². The van der Waals surface area contributed by atoms with Crippen molar-refractivity contribution in [3.8, 4) is 0 Å². The maximum Gasteiger partial charge on any atom is 0.0563 e. The number of hydrogen-bond acceptors (Lipinski definition) is 1. The molecule has 0 aliphatic heterocycles. The van der Waals surface area contributed by atoms with E-state index in [-0.39, 0.29) is 6.04 Å². The number of aryl methyl sites for hydroxylation is 3. The second-order valence-electron chi connectivity index (χ2n) is 4.92. The van der Waals surface area contributed by atoms with Crippen LogP contribution in [0.2, 0.25) is 0 Å². The van der Waals surface area contributed by atoms with Crippen LogP contribution in [0.5, 0.6) is 0 Å². The lowest BCUT2D eigenvalue weighted by molar-refractivity contribution is 0.861. The molecule has 94 valence electrons. The fraction of sp³-hybridized carbons (Fsp3) is 0.250. The van der Waals surface area contributed by atoms with Gasteiger partial charge in [-0.25, -0.2) is 0 Å². The van der Waals surface area contributed by atoms with E-state index < -0.39 is 0 Å². The third-order valence-corrected chi connectivity index (χ3v) is 3.78. The van der Waals surface area contributed by atoms with Crippen molar-refractivity contribution >= 4 is 15.9 Å². The van der Waals surface area contributed by atoms with E-state index in [1.807, 2.05) is 0 Å². The topological polar surface area (TPSA) is 26.0 Å². The van der Waals surface area contributed by atoms with E-state index >= 15 is 0 Å². The molecular formula is C16H18BrN. The fourth-order valence-corrected chi connectivity index (χ4v) is 2.99. The van der Waals surface area contributed by atoms with Crippen molar-refractivity contribution in [1.82, 2.24) is 0 Å². The molecule has 2 rings (SSSR count). The van der Waals surface area contributed by atoms with E-state index in [9.17, 15) is 0 Å². The molecule has 0 saturated heterocycles. The quantitative estimate of drug-likeness (QED) is 0.873. The Morgan fingerprint density at radius 2 is 1.50 bits per heavy atom. The molecule has 0 amide bonds. The molecule has 1 unspecified atom stereocenters. The Hall–Kier alpha value is -1.12. The van der Waals surface area contributed by atoms with Gasteiger partial charge in [0.2, 0.25) is 0 Å². The summed E-state index contributed by atoms with van der Waals surface area (Å²) in [7, 11) is 0. The Bertz CT molecular complexity index is 555. The number of nitrogens with two attached hydrogens (primary N) is 1. The lowest BCUT2D eigenvalue weighted by atomic mass is 9.96. The molecule has 0 saturated carbocycles. The molecule has 0 aliphatic carbocycles. The molecule has 0 radical (unpaired) electrons. The zero-order valence-electron chi connectivity index (χ0n) is 11.0. The van der Waals surface area contributed by atoms with E-state index in [4.69, 9.17) is 5.73 Å². The summed E-state index contributed by atoms with van der Waals surface area (Å²) in [6.45, 7) is 6.29. The molecule has 0 aromatic heterocycles. The zero-order valence-corrected chi connectivity index (χ0v) is 12.6. The standard InChI is InChI=1S/C16H18BrN/c1-10-4-5-14(15(17)9-10)16(18)13-7-11(2)6-12(3)8-13/h4-9,16H,18H2,1-3H3. The van der Waals surface area contributed by atoms with Crippen molar-refractivity contribution in [2.24, 2.45) is 5.73 Å². The molecule has 1 atom stereocenters. The van der Waals surface area contributed by atoms with Crippen LogP contribution >= 0.6 is 15.9 Å². The zero-order chi connectivity index (χ0) is 13.3. The first kappa shape index (κ1) is 13.3. The van der Waals surface area contributed by atoms with Gasteiger partial charge in [-0.3, -0.25) is 0 Å². The maximum atomic E-state index is 6.37. The predicted octanol–water partition coefficient (Wildman–Crippen LogP) is 4.42. The highest BCUT2D eigenvalue weighted by Gasteiger charge is 2.12. The molecule has 0 bridgehead atoms. The monoisotopic (exact) mass is 303 g/mol. The van der Waals surface area contributed by atoms with Crippen molar-refractivity contribution in [2.75, 3.05) is 0 Å². The Kier molecular flexibility index (Phi) is 3.88. The molecule has 1 nitrogen and oxygen atoms in total. The lowest BCUT2D eigenvalue weighted by Crippen LogP contribution is -2.13. The molecule has 2 heteroatoms. The van der Waals surface area contributed by atoms with Crippen molar-refractivity contribution < 1.29 is 0 Å². The van der Waals surface area contributed by atoms with E-state index in [1.165, 1.54) is 16.7 Å². The smallest absolute Gasteiger partial charge is 0.0563 e. The average molecular weight is 304 g/mol. The Morgan fingerprint density at radius 1 is 0.889 bits per heavy atom. The summed E-state index contributed by atoms with van der Waals surface area (Å²) >= 11 is 3.60. The normalized spacial score (nSPS) is 12.5. The third-order valence-electron chi connectivity index (χ3n) is 3.09. The second kappa shape index (κ2) is 5.25. The summed E-state index contributed by atoms with van der Waals surface area (Å²) in [6, 6.07) is 12.7. The van der Waals surface area contributed by atoms with E-state index in [1.54, 1.807) is 0 Å². The van der Waals surface area contributed by atoms with Gasteiger partial charge < -0.3 is 5.73 Å². The third kappa shape index (κ3) is 2.82. The Balaban J connectivity index is 2.44. The molecule has 2 aromatic rings. The predicted molar refractivity (Wildman–Crippen MR) is 80.8 cm³/mol. The van der Waals surface area contributed by atoms with E-state index in [0.29, 0.717) is 0 Å². The highest BCUT2D eigenvalue weighted by Crippen LogP contribution is 2.28. The molecule has 2 aromatic carbocycles. The van der Waals surface area contributed by atoms with Crippen LogP contribution in [0.25, 0.3) is 0 Å². The molecule has 0 heterocycles. The van der Waals surface area contributed by atoms with Crippen molar-refractivity contribution in [3.63, 3.8) is 0 Å². The fourth-order valence-electron chi connectivity index (χ4n) is 2.25. The minimum atomic E-state index is -0.0847. The summed E-state index contributed by atoms with van der Waals surface area (Å²) < 4.78 is 1.08. The van der Waals surface area contributed by atoms with Crippen LogP contribution in [-0.4, -0.2) is 0 Å². The molecule has 0 spiro atoms. The average Bonchev–Trinajstić information content (AvgIpc) is 2.26. The van der Waals surface area contributed by atoms with Gasteiger partial charge in [0.1, 0.15) is 0 Å². The number of halogens is 1. The highest BCUT2D eigenvalue weighted by atomic mass is 79.9. The van der Waals surface area contributed by atoms with Gasteiger partial charge in [-0.2, -0.15) is 0 Å². The first-order chi connectivity index (χ1) is 8.47. The van der Waals surface area contributed by atoms with Crippen molar-refractivity contribution in [1.29, 1.82) is 0 Å². The van der Waals surface area contributed by atoms with Crippen LogP contribution in [-0.2, 0) is 0 Å². The molecule has 18 heavy (non-hydrogen) atoms. The van der Waals surface area contributed by atoms with Gasteiger partial charge in [-0.05, 0) is 43.5 Å². The molecular weight excluding hydrogens is 286 g/mol. The highest BCUT2D eigenvalue weighted by molar-refractivity contribution is 9.10. The largest absolute Gasteiger partial charge is 0.320 e. The molecule has 2 N–H and O–H groups in total. The number of rotatable bonds is 2. The summed E-state index contributed by atoms with van der Waals surface area (Å²) in [6.07, 6.45) is 0. The molecule has 0 fully saturated rings. The van der Waals surface area contributed by atoms with E-state index in [0.717, 1.165) is 15.6 Å². The Labute approximate surface area is 117 Å². The van der Waals surface area contributed by atoms with Gasteiger partial charge in [-0.15, -0.1) is 0 Å². The van der Waals surface area contributed by atoms with Gasteiger partial charge in [0, 0.05) is 4.47 Å². The van der Waals surface area contributed by atoms with E-state index in [2.05, 4.69) is 73.1 Å². The summed E-state index contributed by atoms with van der Waals surface area (Å²) in [5.74, 6) is 0. The van der Waals surface area contributed by atoms with Crippen LogP contribution < -0.4 is 5.73 Å². The second-order valence-corrected chi connectivity index (χ2v) is 5.78. The SMILES string of the molecule is Cc1cc(C)cc(C(N)c2ccc(C)cc2Br)c1. The van der Waals surface area contributed by atoms with Crippen LogP contribution in [0.1, 0.15) is 33.9 Å². The Morgan fingerprint density at radius 3 is 2.06 bits per heavy atom. The first-order valence-electron chi connectivity index (χ1n) is 6.07. The van der Waals surface area contributed by atoms with Gasteiger partial charge in [0.05, 0.1) is 6.04 Å². The van der Waals surface area contributed by atoms with Crippen LogP contribution in [0, 0.1) is 20.8 Å². The van der Waals surface area contributed by atoms with Crippen LogP contribution in [0.3, 0.4) is 0 Å². The van der Waals surface area contributed by atoms with Crippen molar-refractivity contribution in [3.05, 3.63) is 68.7 Å². The first-order valence-corrected chi connectivity index (χ1v) is 6.86. The van der Waals surface area contributed by atoms with Gasteiger partial charge in [-0.1, -0.05) is 57.4 Å².